The van der Waals surface area contributed by atoms with Crippen LogP contribution in [0.1, 0.15) is 23.6 Å². The van der Waals surface area contributed by atoms with Gasteiger partial charge in [0.25, 0.3) is 5.56 Å². The molecule has 1 aromatic carbocycles. The second-order valence-corrected chi connectivity index (χ2v) is 8.94. The number of halogens is 1. The molecule has 1 N–H and O–H groups in total. The van der Waals surface area contributed by atoms with Crippen LogP contribution in [0.2, 0.25) is 0 Å². The number of fused-ring (bicyclic) bond motifs is 1. The van der Waals surface area contributed by atoms with E-state index in [0.29, 0.717) is 22.5 Å². The van der Waals surface area contributed by atoms with Gasteiger partial charge in [-0.05, 0) is 30.0 Å². The van der Waals surface area contributed by atoms with Crippen molar-refractivity contribution in [2.75, 3.05) is 0 Å². The number of thiophene rings is 2. The minimum atomic E-state index is -0.206. The molecule has 1 atom stereocenters. The Morgan fingerprint density at radius 1 is 1.23 bits per heavy atom. The highest BCUT2D eigenvalue weighted by Crippen LogP contribution is 2.35. The van der Waals surface area contributed by atoms with Crippen LogP contribution in [0.4, 0.5) is 4.39 Å². The Kier molecular flexibility index (Phi) is 4.93. The van der Waals surface area contributed by atoms with Crippen LogP contribution in [0.25, 0.3) is 20.7 Å². The molecule has 3 nitrogen and oxygen atoms in total. The Bertz CT molecular complexity index is 1100. The van der Waals surface area contributed by atoms with E-state index >= 15 is 0 Å². The zero-order chi connectivity index (χ0) is 18.1. The summed E-state index contributed by atoms with van der Waals surface area (Å²) in [5, 5.41) is 4.59. The Morgan fingerprint density at radius 3 is 2.85 bits per heavy atom. The van der Waals surface area contributed by atoms with Gasteiger partial charge >= 0.3 is 0 Å². The predicted octanol–water partition coefficient (Wildman–Crippen LogP) is 5.85. The molecule has 0 saturated carbocycles. The van der Waals surface area contributed by atoms with Crippen molar-refractivity contribution in [3.8, 4) is 10.4 Å². The smallest absolute Gasteiger partial charge is 0.260 e. The molecule has 0 bridgehead atoms. The molecule has 0 aliphatic heterocycles. The second-order valence-electron chi connectivity index (χ2n) is 5.80. The van der Waals surface area contributed by atoms with Crippen LogP contribution in [-0.4, -0.2) is 9.97 Å². The van der Waals surface area contributed by atoms with Crippen LogP contribution in [0.15, 0.2) is 52.0 Å². The van der Waals surface area contributed by atoms with E-state index in [1.54, 1.807) is 35.2 Å². The van der Waals surface area contributed by atoms with Crippen molar-refractivity contribution in [3.05, 3.63) is 74.7 Å². The van der Waals surface area contributed by atoms with Gasteiger partial charge in [0.2, 0.25) is 0 Å². The number of benzene rings is 1. The maximum Gasteiger partial charge on any atom is 0.260 e. The standard InChI is InChI=1S/C19H15FN2OS3/c1-11(25-9-12-5-2-3-6-14(12)20)17-21-18(23)16-13(10-26-19(16)22-17)15-7-4-8-24-15/h2-8,10-11H,9H2,1H3,(H,21,22,23)/t11-/m0/s1. The van der Waals surface area contributed by atoms with Gasteiger partial charge in [0, 0.05) is 21.6 Å². The molecule has 0 aliphatic carbocycles. The number of hydrogen-bond acceptors (Lipinski definition) is 5. The van der Waals surface area contributed by atoms with Gasteiger partial charge < -0.3 is 4.98 Å². The summed E-state index contributed by atoms with van der Waals surface area (Å²) in [6.45, 7) is 1.98. The molecular formula is C19H15FN2OS3. The number of nitrogens with zero attached hydrogens (tertiary/aromatic N) is 1. The van der Waals surface area contributed by atoms with Crippen molar-refractivity contribution < 1.29 is 4.39 Å². The summed E-state index contributed by atoms with van der Waals surface area (Å²) in [7, 11) is 0. The van der Waals surface area contributed by atoms with E-state index < -0.39 is 0 Å². The number of thioether (sulfide) groups is 1. The molecule has 4 rings (SSSR count). The van der Waals surface area contributed by atoms with Crippen molar-refractivity contribution in [3.63, 3.8) is 0 Å². The van der Waals surface area contributed by atoms with E-state index in [4.69, 9.17) is 0 Å². The first kappa shape index (κ1) is 17.5. The lowest BCUT2D eigenvalue weighted by Crippen LogP contribution is -2.12. The molecule has 0 radical (unpaired) electrons. The highest BCUT2D eigenvalue weighted by Gasteiger charge is 2.17. The van der Waals surface area contributed by atoms with E-state index in [2.05, 4.69) is 9.97 Å². The van der Waals surface area contributed by atoms with Gasteiger partial charge in [-0.15, -0.1) is 34.4 Å². The average Bonchev–Trinajstić information content (AvgIpc) is 3.30. The maximum atomic E-state index is 13.8. The molecule has 0 spiro atoms. The van der Waals surface area contributed by atoms with E-state index in [0.717, 1.165) is 15.3 Å². The maximum absolute atomic E-state index is 13.8. The third-order valence-electron chi connectivity index (χ3n) is 4.08. The fourth-order valence-corrected chi connectivity index (χ4v) is 5.38. The van der Waals surface area contributed by atoms with Gasteiger partial charge in [-0.1, -0.05) is 24.3 Å². The summed E-state index contributed by atoms with van der Waals surface area (Å²) in [5.74, 6) is 0.951. The fraction of sp³-hybridized carbons (Fsp3) is 0.158. The first-order chi connectivity index (χ1) is 12.6. The summed E-state index contributed by atoms with van der Waals surface area (Å²) in [4.78, 5) is 22.0. The summed E-state index contributed by atoms with van der Waals surface area (Å²) in [5.41, 5.74) is 1.48. The minimum absolute atomic E-state index is 0.0426. The second kappa shape index (κ2) is 7.34. The summed E-state index contributed by atoms with van der Waals surface area (Å²) >= 11 is 4.64. The Morgan fingerprint density at radius 2 is 2.08 bits per heavy atom. The summed E-state index contributed by atoms with van der Waals surface area (Å²) < 4.78 is 13.8. The quantitative estimate of drug-likeness (QED) is 0.456. The lowest BCUT2D eigenvalue weighted by molar-refractivity contribution is 0.617. The molecule has 132 valence electrons. The van der Waals surface area contributed by atoms with E-state index in [1.165, 1.54) is 17.4 Å². The first-order valence-electron chi connectivity index (χ1n) is 8.04. The number of hydrogen-bond donors (Lipinski definition) is 1. The topological polar surface area (TPSA) is 45.8 Å². The zero-order valence-electron chi connectivity index (χ0n) is 13.9. The molecule has 7 heteroatoms. The van der Waals surface area contributed by atoms with E-state index in [1.807, 2.05) is 35.9 Å². The van der Waals surface area contributed by atoms with Crippen LogP contribution >= 0.6 is 34.4 Å². The molecule has 0 unspecified atom stereocenters. The van der Waals surface area contributed by atoms with Gasteiger partial charge in [0.05, 0.1) is 10.6 Å². The largest absolute Gasteiger partial charge is 0.309 e. The summed E-state index contributed by atoms with van der Waals surface area (Å²) in [6, 6.07) is 10.7. The number of rotatable bonds is 5. The molecule has 26 heavy (non-hydrogen) atoms. The van der Waals surface area contributed by atoms with Crippen LogP contribution in [0.5, 0.6) is 0 Å². The summed E-state index contributed by atoms with van der Waals surface area (Å²) in [6.07, 6.45) is 0. The number of nitrogens with one attached hydrogen (secondary N) is 1. The van der Waals surface area contributed by atoms with Gasteiger partial charge in [0.1, 0.15) is 16.5 Å². The number of H-pyrrole nitrogens is 1. The Balaban J connectivity index is 1.61. The molecule has 3 aromatic heterocycles. The fourth-order valence-electron chi connectivity index (χ4n) is 2.68. The normalized spacial score (nSPS) is 12.5. The van der Waals surface area contributed by atoms with Crippen molar-refractivity contribution in [1.29, 1.82) is 0 Å². The van der Waals surface area contributed by atoms with Crippen molar-refractivity contribution >= 4 is 44.7 Å². The van der Waals surface area contributed by atoms with Crippen LogP contribution in [0, 0.1) is 5.82 Å². The Labute approximate surface area is 161 Å². The predicted molar refractivity (Wildman–Crippen MR) is 110 cm³/mol. The third-order valence-corrected chi connectivity index (χ3v) is 7.06. The average molecular weight is 403 g/mol. The lowest BCUT2D eigenvalue weighted by Gasteiger charge is -2.11. The van der Waals surface area contributed by atoms with Gasteiger partial charge in [-0.2, -0.15) is 0 Å². The highest BCUT2D eigenvalue weighted by molar-refractivity contribution is 7.98. The van der Waals surface area contributed by atoms with Crippen LogP contribution < -0.4 is 5.56 Å². The molecule has 0 fully saturated rings. The molecule has 0 amide bonds. The number of aromatic nitrogens is 2. The highest BCUT2D eigenvalue weighted by atomic mass is 32.2. The van der Waals surface area contributed by atoms with Gasteiger partial charge in [-0.25, -0.2) is 9.37 Å². The van der Waals surface area contributed by atoms with Crippen molar-refractivity contribution in [2.45, 2.75) is 17.9 Å². The first-order valence-corrected chi connectivity index (χ1v) is 10.8. The van der Waals surface area contributed by atoms with Crippen LogP contribution in [0.3, 0.4) is 0 Å². The number of aromatic amines is 1. The van der Waals surface area contributed by atoms with E-state index in [9.17, 15) is 9.18 Å². The molecule has 0 aliphatic rings. The minimum Gasteiger partial charge on any atom is -0.309 e. The van der Waals surface area contributed by atoms with E-state index in [-0.39, 0.29) is 16.6 Å². The van der Waals surface area contributed by atoms with Crippen molar-refractivity contribution in [2.24, 2.45) is 0 Å². The monoisotopic (exact) mass is 402 g/mol. The zero-order valence-corrected chi connectivity index (χ0v) is 16.3. The molecule has 4 aromatic rings. The van der Waals surface area contributed by atoms with Gasteiger partial charge in [0.15, 0.2) is 0 Å². The third kappa shape index (κ3) is 3.34. The van der Waals surface area contributed by atoms with Crippen LogP contribution in [-0.2, 0) is 5.75 Å². The lowest BCUT2D eigenvalue weighted by atomic mass is 10.2. The molecule has 0 saturated heterocycles. The molecule has 3 heterocycles. The SMILES string of the molecule is C[C@H](SCc1ccccc1F)c1nc2scc(-c3cccs3)c2c(=O)[nH]1. The van der Waals surface area contributed by atoms with Crippen molar-refractivity contribution in [1.82, 2.24) is 9.97 Å². The van der Waals surface area contributed by atoms with Gasteiger partial charge in [-0.3, -0.25) is 4.79 Å². The Hall–Kier alpha value is -1.96. The molecular weight excluding hydrogens is 387 g/mol.